The summed E-state index contributed by atoms with van der Waals surface area (Å²) < 4.78 is 7.21. The topological polar surface area (TPSA) is 26.3 Å². The maximum atomic E-state index is 11.7. The van der Waals surface area contributed by atoms with Gasteiger partial charge in [-0.3, -0.25) is 0 Å². The van der Waals surface area contributed by atoms with Crippen LogP contribution in [-0.2, 0) is 9.22 Å². The Labute approximate surface area is 217 Å². The largest absolute Gasteiger partial charge is 0.404 e. The lowest BCUT2D eigenvalue weighted by Gasteiger charge is -2.45. The van der Waals surface area contributed by atoms with Gasteiger partial charge >= 0.3 is 0 Å². The van der Waals surface area contributed by atoms with Crippen molar-refractivity contribution in [2.45, 2.75) is 116 Å². The first-order chi connectivity index (χ1) is 16.8. The van der Waals surface area contributed by atoms with Crippen LogP contribution in [0.5, 0.6) is 0 Å². The highest BCUT2D eigenvalue weighted by atomic mass is 28.4. The first kappa shape index (κ1) is 29.5. The smallest absolute Gasteiger partial charge is 0.261 e. The van der Waals surface area contributed by atoms with Gasteiger partial charge in [0.1, 0.15) is 6.29 Å². The second-order valence-electron chi connectivity index (χ2n) is 11.6. The lowest BCUT2D eigenvalue weighted by Crippen LogP contribution is -2.67. The van der Waals surface area contributed by atoms with Gasteiger partial charge in [-0.05, 0) is 27.8 Å². The summed E-state index contributed by atoms with van der Waals surface area (Å²) in [5, 5.41) is 2.51. The van der Waals surface area contributed by atoms with Gasteiger partial charge in [-0.2, -0.15) is 0 Å². The van der Waals surface area contributed by atoms with Crippen LogP contribution in [0.4, 0.5) is 0 Å². The number of hydrogen-bond acceptors (Lipinski definition) is 2. The number of benzene rings is 2. The van der Waals surface area contributed by atoms with E-state index in [9.17, 15) is 4.79 Å². The molecule has 0 spiro atoms. The third kappa shape index (κ3) is 9.35. The highest BCUT2D eigenvalue weighted by molar-refractivity contribution is 6.99. The summed E-state index contributed by atoms with van der Waals surface area (Å²) in [5.41, 5.74) is 0. The van der Waals surface area contributed by atoms with E-state index >= 15 is 0 Å². The van der Waals surface area contributed by atoms with E-state index in [1.807, 2.05) is 0 Å². The molecule has 1 atom stereocenters. The molecular weight excluding hydrogens is 444 g/mol. The van der Waals surface area contributed by atoms with Crippen LogP contribution < -0.4 is 10.4 Å². The first-order valence-electron chi connectivity index (χ1n) is 14.0. The van der Waals surface area contributed by atoms with Crippen molar-refractivity contribution in [3.8, 4) is 0 Å². The number of carbonyl (C=O) groups excluding carboxylic acids is 1. The van der Waals surface area contributed by atoms with Crippen molar-refractivity contribution < 1.29 is 9.22 Å². The molecular formula is C32H50O2Si. The van der Waals surface area contributed by atoms with Crippen molar-refractivity contribution in [2.75, 3.05) is 0 Å². The van der Waals surface area contributed by atoms with Gasteiger partial charge in [0.05, 0.1) is 6.10 Å². The van der Waals surface area contributed by atoms with Crippen molar-refractivity contribution in [3.05, 3.63) is 60.7 Å². The molecule has 0 aromatic heterocycles. The summed E-state index contributed by atoms with van der Waals surface area (Å²) in [4.78, 5) is 11.7. The van der Waals surface area contributed by atoms with Gasteiger partial charge < -0.3 is 9.22 Å². The molecule has 0 amide bonds. The van der Waals surface area contributed by atoms with Gasteiger partial charge in [0.15, 0.2) is 0 Å². The monoisotopic (exact) mass is 494 g/mol. The van der Waals surface area contributed by atoms with Crippen LogP contribution in [0.3, 0.4) is 0 Å². The normalized spacial score (nSPS) is 13.2. The van der Waals surface area contributed by atoms with E-state index in [1.54, 1.807) is 0 Å². The molecule has 194 valence electrons. The Morgan fingerprint density at radius 3 is 1.54 bits per heavy atom. The number of aldehydes is 1. The summed E-state index contributed by atoms with van der Waals surface area (Å²) in [7, 11) is -2.61. The molecule has 0 N–H and O–H groups in total. The Kier molecular flexibility index (Phi) is 13.0. The molecule has 3 heteroatoms. The van der Waals surface area contributed by atoms with Crippen LogP contribution in [0.2, 0.25) is 5.04 Å². The summed E-state index contributed by atoms with van der Waals surface area (Å²) >= 11 is 0. The Hall–Kier alpha value is -1.71. The Bertz CT molecular complexity index is 771. The molecule has 0 fully saturated rings. The maximum Gasteiger partial charge on any atom is 0.261 e. The van der Waals surface area contributed by atoms with Crippen LogP contribution in [0.25, 0.3) is 0 Å². The molecule has 2 aromatic rings. The van der Waals surface area contributed by atoms with Crippen molar-refractivity contribution in [2.24, 2.45) is 5.92 Å². The summed E-state index contributed by atoms with van der Waals surface area (Å²) in [6, 6.07) is 21.5. The SMILES string of the molecule is CC(C)CCCCCCCCCC[C@@H](CC=O)O[Si](c1ccccc1)(c1ccccc1)C(C)(C)C. The van der Waals surface area contributed by atoms with Gasteiger partial charge in [-0.25, -0.2) is 0 Å². The average molecular weight is 495 g/mol. The number of hydrogen-bond donors (Lipinski definition) is 0. The molecule has 0 bridgehead atoms. The zero-order valence-electron chi connectivity index (χ0n) is 23.1. The van der Waals surface area contributed by atoms with Gasteiger partial charge in [-0.1, -0.05) is 153 Å². The molecule has 0 aliphatic carbocycles. The zero-order chi connectivity index (χ0) is 25.6. The van der Waals surface area contributed by atoms with Gasteiger partial charge in [0.25, 0.3) is 8.32 Å². The molecule has 2 nitrogen and oxygen atoms in total. The highest BCUT2D eigenvalue weighted by Crippen LogP contribution is 2.38. The minimum absolute atomic E-state index is 0.0326. The lowest BCUT2D eigenvalue weighted by atomic mass is 10.0. The van der Waals surface area contributed by atoms with Crippen LogP contribution in [0.1, 0.15) is 105 Å². The van der Waals surface area contributed by atoms with Crippen molar-refractivity contribution >= 4 is 25.0 Å². The van der Waals surface area contributed by atoms with Crippen molar-refractivity contribution in [3.63, 3.8) is 0 Å². The number of carbonyl (C=O) groups is 1. The summed E-state index contributed by atoms with van der Waals surface area (Å²) in [6.45, 7) is 11.5. The molecule has 0 saturated carbocycles. The second-order valence-corrected chi connectivity index (χ2v) is 15.9. The fourth-order valence-corrected chi connectivity index (χ4v) is 9.99. The van der Waals surface area contributed by atoms with Crippen LogP contribution in [0, 0.1) is 5.92 Å². The number of unbranched alkanes of at least 4 members (excludes halogenated alkanes) is 7. The predicted octanol–water partition coefficient (Wildman–Crippen LogP) is 8.08. The zero-order valence-corrected chi connectivity index (χ0v) is 24.1. The molecule has 0 aliphatic rings. The van der Waals surface area contributed by atoms with Gasteiger partial charge in [-0.15, -0.1) is 0 Å². The highest BCUT2D eigenvalue weighted by Gasteiger charge is 2.51. The van der Waals surface area contributed by atoms with E-state index in [-0.39, 0.29) is 11.1 Å². The molecule has 2 aromatic carbocycles. The minimum Gasteiger partial charge on any atom is -0.404 e. The van der Waals surface area contributed by atoms with Crippen LogP contribution in [-0.4, -0.2) is 20.7 Å². The minimum atomic E-state index is -2.61. The van der Waals surface area contributed by atoms with E-state index in [4.69, 9.17) is 4.43 Å². The van der Waals surface area contributed by atoms with E-state index in [0.717, 1.165) is 25.0 Å². The van der Waals surface area contributed by atoms with Crippen molar-refractivity contribution in [1.29, 1.82) is 0 Å². The quantitative estimate of drug-likeness (QED) is 0.126. The van der Waals surface area contributed by atoms with E-state index < -0.39 is 8.32 Å². The van der Waals surface area contributed by atoms with Gasteiger partial charge in [0, 0.05) is 6.42 Å². The third-order valence-electron chi connectivity index (χ3n) is 7.18. The molecule has 0 aliphatic heterocycles. The van der Waals surface area contributed by atoms with E-state index in [2.05, 4.69) is 95.3 Å². The molecule has 0 radical (unpaired) electrons. The fourth-order valence-electron chi connectivity index (χ4n) is 5.26. The molecule has 0 heterocycles. The predicted molar refractivity (Wildman–Crippen MR) is 154 cm³/mol. The standard InChI is InChI=1S/C32H50O2Si/c1-28(2)20-14-10-8-6-7-9-11-15-21-29(26-27-33)34-35(32(3,4)5,30-22-16-12-17-23-30)31-24-18-13-19-25-31/h12-13,16-19,22-25,27-29H,6-11,14-15,20-21,26H2,1-5H3/t29-/m0/s1. The van der Waals surface area contributed by atoms with Gasteiger partial charge in [0.2, 0.25) is 0 Å². The molecule has 35 heavy (non-hydrogen) atoms. The van der Waals surface area contributed by atoms with E-state index in [1.165, 1.54) is 61.7 Å². The summed E-state index contributed by atoms with van der Waals surface area (Å²) in [6.07, 6.45) is 14.3. The second kappa shape index (κ2) is 15.4. The average Bonchev–Trinajstić information content (AvgIpc) is 2.83. The Balaban J connectivity index is 2.02. The maximum absolute atomic E-state index is 11.7. The first-order valence-corrected chi connectivity index (χ1v) is 15.9. The fraction of sp³-hybridized carbons (Fsp3) is 0.594. The third-order valence-corrected chi connectivity index (χ3v) is 12.3. The molecule has 0 unspecified atom stereocenters. The van der Waals surface area contributed by atoms with Crippen LogP contribution in [0.15, 0.2) is 60.7 Å². The van der Waals surface area contributed by atoms with E-state index in [0.29, 0.717) is 6.42 Å². The Morgan fingerprint density at radius 1 is 0.714 bits per heavy atom. The number of rotatable bonds is 17. The summed E-state index contributed by atoms with van der Waals surface area (Å²) in [5.74, 6) is 0.834. The lowest BCUT2D eigenvalue weighted by molar-refractivity contribution is -0.109. The molecule has 2 rings (SSSR count). The van der Waals surface area contributed by atoms with Crippen molar-refractivity contribution in [1.82, 2.24) is 0 Å². The Morgan fingerprint density at radius 2 is 1.14 bits per heavy atom. The van der Waals surface area contributed by atoms with Crippen LogP contribution >= 0.6 is 0 Å². The molecule has 0 saturated heterocycles.